The molecule has 1 aromatic carbocycles. The Morgan fingerprint density at radius 3 is 2.75 bits per heavy atom. The van der Waals surface area contributed by atoms with Gasteiger partial charge in [-0.2, -0.15) is 0 Å². The van der Waals surface area contributed by atoms with Crippen LogP contribution in [0.1, 0.15) is 31.7 Å². The highest BCUT2D eigenvalue weighted by Gasteiger charge is 2.16. The van der Waals surface area contributed by atoms with Crippen LogP contribution in [0.25, 0.3) is 10.9 Å². The molecule has 0 aliphatic carbocycles. The van der Waals surface area contributed by atoms with Crippen molar-refractivity contribution in [1.82, 2.24) is 10.3 Å². The van der Waals surface area contributed by atoms with Gasteiger partial charge in [0.05, 0.1) is 5.52 Å². The van der Waals surface area contributed by atoms with Crippen LogP contribution < -0.4 is 10.2 Å². The lowest BCUT2D eigenvalue weighted by molar-refractivity contribution is 0.570. The van der Waals surface area contributed by atoms with Crippen LogP contribution in [0.3, 0.4) is 0 Å². The van der Waals surface area contributed by atoms with Crippen molar-refractivity contribution in [2.45, 2.75) is 32.7 Å². The first-order valence-electron chi connectivity index (χ1n) is 7.73. The predicted molar refractivity (Wildman–Crippen MR) is 85.2 cm³/mol. The number of pyridine rings is 1. The average molecular weight is 269 g/mol. The van der Waals surface area contributed by atoms with Gasteiger partial charge < -0.3 is 10.2 Å². The maximum absolute atomic E-state index is 4.94. The molecule has 20 heavy (non-hydrogen) atoms. The van der Waals surface area contributed by atoms with Crippen LogP contribution in [-0.2, 0) is 6.54 Å². The lowest BCUT2D eigenvalue weighted by Crippen LogP contribution is -2.31. The molecule has 3 rings (SSSR count). The second-order valence-electron chi connectivity index (χ2n) is 5.49. The van der Waals surface area contributed by atoms with Crippen LogP contribution in [0.4, 0.5) is 5.82 Å². The van der Waals surface area contributed by atoms with E-state index in [1.165, 1.54) is 36.0 Å². The van der Waals surface area contributed by atoms with E-state index in [4.69, 9.17) is 4.98 Å². The van der Waals surface area contributed by atoms with Gasteiger partial charge in [-0.25, -0.2) is 4.98 Å². The third-order valence-electron chi connectivity index (χ3n) is 4.00. The van der Waals surface area contributed by atoms with Gasteiger partial charge in [-0.05, 0) is 37.9 Å². The van der Waals surface area contributed by atoms with Gasteiger partial charge in [-0.3, -0.25) is 0 Å². The third kappa shape index (κ3) is 2.78. The summed E-state index contributed by atoms with van der Waals surface area (Å²) in [7, 11) is 0. The number of hydrogen-bond acceptors (Lipinski definition) is 3. The van der Waals surface area contributed by atoms with Crippen molar-refractivity contribution in [2.24, 2.45) is 0 Å². The van der Waals surface area contributed by atoms with E-state index in [0.717, 1.165) is 31.7 Å². The maximum Gasteiger partial charge on any atom is 0.133 e. The molecule has 1 aliphatic rings. The molecule has 0 amide bonds. The van der Waals surface area contributed by atoms with Gasteiger partial charge in [-0.15, -0.1) is 0 Å². The summed E-state index contributed by atoms with van der Waals surface area (Å²) in [6, 6.07) is 10.7. The van der Waals surface area contributed by atoms with Gasteiger partial charge >= 0.3 is 0 Å². The molecule has 1 N–H and O–H groups in total. The van der Waals surface area contributed by atoms with Gasteiger partial charge in [0.15, 0.2) is 0 Å². The summed E-state index contributed by atoms with van der Waals surface area (Å²) in [5.41, 5.74) is 2.43. The van der Waals surface area contributed by atoms with E-state index < -0.39 is 0 Å². The van der Waals surface area contributed by atoms with Crippen molar-refractivity contribution in [3.05, 3.63) is 35.9 Å². The molecule has 1 saturated heterocycles. The lowest BCUT2D eigenvalue weighted by atomic mass is 10.1. The zero-order chi connectivity index (χ0) is 13.8. The van der Waals surface area contributed by atoms with E-state index in [1.54, 1.807) is 0 Å². The monoisotopic (exact) mass is 269 g/mol. The Morgan fingerprint density at radius 2 is 1.95 bits per heavy atom. The summed E-state index contributed by atoms with van der Waals surface area (Å²) in [4.78, 5) is 7.40. The number of nitrogens with zero attached hydrogens (tertiary/aromatic N) is 2. The van der Waals surface area contributed by atoms with Gasteiger partial charge in [0, 0.05) is 30.6 Å². The summed E-state index contributed by atoms with van der Waals surface area (Å²) in [5.74, 6) is 1.18. The number of anilines is 1. The molecule has 3 heteroatoms. The summed E-state index contributed by atoms with van der Waals surface area (Å²) in [6.45, 7) is 6.33. The van der Waals surface area contributed by atoms with Crippen molar-refractivity contribution in [2.75, 3.05) is 24.5 Å². The Hall–Kier alpha value is -1.61. The van der Waals surface area contributed by atoms with Gasteiger partial charge in [0.25, 0.3) is 0 Å². The van der Waals surface area contributed by atoms with Crippen LogP contribution in [-0.4, -0.2) is 24.6 Å². The molecule has 1 aliphatic heterocycles. The highest BCUT2D eigenvalue weighted by atomic mass is 15.2. The Morgan fingerprint density at radius 1 is 1.15 bits per heavy atom. The normalized spacial score (nSPS) is 15.8. The quantitative estimate of drug-likeness (QED) is 0.922. The molecule has 1 aromatic heterocycles. The van der Waals surface area contributed by atoms with E-state index in [0.29, 0.717) is 0 Å². The van der Waals surface area contributed by atoms with Crippen LogP contribution in [0.2, 0.25) is 0 Å². The van der Waals surface area contributed by atoms with Gasteiger partial charge in [0.1, 0.15) is 5.82 Å². The summed E-state index contributed by atoms with van der Waals surface area (Å²) in [6.07, 6.45) is 3.93. The molecule has 2 heterocycles. The fraction of sp³-hybridized carbons (Fsp3) is 0.471. The molecule has 1 fully saturated rings. The molecule has 3 nitrogen and oxygen atoms in total. The predicted octanol–water partition coefficient (Wildman–Crippen LogP) is 3.33. The fourth-order valence-electron chi connectivity index (χ4n) is 2.92. The van der Waals surface area contributed by atoms with E-state index in [9.17, 15) is 0 Å². The molecular formula is C17H23N3. The number of rotatable bonds is 4. The van der Waals surface area contributed by atoms with E-state index >= 15 is 0 Å². The Kier molecular flexibility index (Phi) is 4.16. The zero-order valence-corrected chi connectivity index (χ0v) is 12.2. The van der Waals surface area contributed by atoms with Crippen LogP contribution in [0.5, 0.6) is 0 Å². The van der Waals surface area contributed by atoms with Crippen molar-refractivity contribution in [3.63, 3.8) is 0 Å². The molecule has 106 valence electrons. The minimum absolute atomic E-state index is 0.903. The van der Waals surface area contributed by atoms with Gasteiger partial charge in [0.2, 0.25) is 0 Å². The first-order chi connectivity index (χ1) is 9.88. The van der Waals surface area contributed by atoms with Crippen LogP contribution in [0.15, 0.2) is 30.3 Å². The number of piperidine rings is 1. The number of para-hydroxylation sites is 1. The van der Waals surface area contributed by atoms with Crippen molar-refractivity contribution < 1.29 is 0 Å². The van der Waals surface area contributed by atoms with E-state index in [1.807, 2.05) is 0 Å². The zero-order valence-electron chi connectivity index (χ0n) is 12.2. The van der Waals surface area contributed by atoms with Crippen molar-refractivity contribution in [3.8, 4) is 0 Å². The van der Waals surface area contributed by atoms with E-state index in [2.05, 4.69) is 47.5 Å². The maximum atomic E-state index is 4.94. The molecule has 0 atom stereocenters. The number of benzene rings is 1. The molecule has 2 aromatic rings. The lowest BCUT2D eigenvalue weighted by Gasteiger charge is -2.30. The standard InChI is InChI=1S/C17H23N3/c1-2-18-13-15-12-14-8-4-5-9-16(14)19-17(15)20-10-6-3-7-11-20/h4-5,8-9,12,18H,2-3,6-7,10-11,13H2,1H3. The van der Waals surface area contributed by atoms with E-state index in [-0.39, 0.29) is 0 Å². The highest BCUT2D eigenvalue weighted by Crippen LogP contribution is 2.26. The largest absolute Gasteiger partial charge is 0.356 e. The molecule has 0 saturated carbocycles. The number of aromatic nitrogens is 1. The second-order valence-corrected chi connectivity index (χ2v) is 5.49. The third-order valence-corrected chi connectivity index (χ3v) is 4.00. The first kappa shape index (κ1) is 13.4. The number of nitrogens with one attached hydrogen (secondary N) is 1. The Balaban J connectivity index is 2.01. The number of fused-ring (bicyclic) bond motifs is 1. The van der Waals surface area contributed by atoms with Crippen LogP contribution in [0, 0.1) is 0 Å². The van der Waals surface area contributed by atoms with Crippen LogP contribution >= 0.6 is 0 Å². The average Bonchev–Trinajstić information content (AvgIpc) is 2.53. The Labute approximate surface area is 121 Å². The van der Waals surface area contributed by atoms with Crippen molar-refractivity contribution >= 4 is 16.7 Å². The fourth-order valence-corrected chi connectivity index (χ4v) is 2.92. The molecule has 0 radical (unpaired) electrons. The summed E-state index contributed by atoms with van der Waals surface area (Å²) >= 11 is 0. The second kappa shape index (κ2) is 6.23. The minimum atomic E-state index is 0.903. The summed E-state index contributed by atoms with van der Waals surface area (Å²) in [5, 5.41) is 4.68. The topological polar surface area (TPSA) is 28.2 Å². The Bertz CT molecular complexity index is 573. The number of hydrogen-bond donors (Lipinski definition) is 1. The molecule has 0 spiro atoms. The minimum Gasteiger partial charge on any atom is -0.356 e. The summed E-state index contributed by atoms with van der Waals surface area (Å²) < 4.78 is 0. The molecule has 0 bridgehead atoms. The highest BCUT2D eigenvalue weighted by molar-refractivity contribution is 5.81. The molecule has 0 unspecified atom stereocenters. The SMILES string of the molecule is CCNCc1cc2ccccc2nc1N1CCCCC1. The first-order valence-corrected chi connectivity index (χ1v) is 7.73. The van der Waals surface area contributed by atoms with Crippen molar-refractivity contribution in [1.29, 1.82) is 0 Å². The van der Waals surface area contributed by atoms with Gasteiger partial charge in [-0.1, -0.05) is 25.1 Å². The molecular weight excluding hydrogens is 246 g/mol. The smallest absolute Gasteiger partial charge is 0.133 e.